The Hall–Kier alpha value is -2.06. The number of nitrogen functional groups attached to an aromatic ring is 1. The number of hydrogen-bond acceptors (Lipinski definition) is 3. The Labute approximate surface area is 118 Å². The third kappa shape index (κ3) is 3.04. The predicted octanol–water partition coefficient (Wildman–Crippen LogP) is 3.62. The largest absolute Gasteiger partial charge is 0.486 e. The topological polar surface area (TPSA) is 59.0 Å². The maximum atomic E-state index is 13.6. The van der Waals surface area contributed by atoms with E-state index in [0.717, 1.165) is 16.1 Å². The minimum atomic E-state index is -0.565. The van der Waals surface area contributed by atoms with Crippen LogP contribution < -0.4 is 10.5 Å². The Balaban J connectivity index is 2.17. The maximum Gasteiger partial charge on any atom is 0.166 e. The molecule has 0 radical (unpaired) electrons. The summed E-state index contributed by atoms with van der Waals surface area (Å²) in [5, 5.41) is 8.65. The molecule has 2 rings (SSSR count). The van der Waals surface area contributed by atoms with Crippen LogP contribution >= 0.6 is 15.9 Å². The van der Waals surface area contributed by atoms with Crippen LogP contribution in [0.25, 0.3) is 0 Å². The van der Waals surface area contributed by atoms with Gasteiger partial charge in [-0.2, -0.15) is 5.26 Å². The normalized spacial score (nSPS) is 9.95. The van der Waals surface area contributed by atoms with Crippen molar-refractivity contribution < 1.29 is 9.13 Å². The lowest BCUT2D eigenvalue weighted by Crippen LogP contribution is -2.02. The molecule has 0 saturated heterocycles. The fourth-order valence-corrected chi connectivity index (χ4v) is 2.06. The zero-order chi connectivity index (χ0) is 13.8. The first-order valence-electron chi connectivity index (χ1n) is 5.47. The molecule has 0 aromatic heterocycles. The van der Waals surface area contributed by atoms with E-state index in [1.165, 1.54) is 12.1 Å². The van der Waals surface area contributed by atoms with Crippen molar-refractivity contribution in [2.45, 2.75) is 6.61 Å². The molecule has 0 atom stereocenters. The molecule has 0 spiro atoms. The fraction of sp³-hybridized carbons (Fsp3) is 0.0714. The number of hydrogen-bond donors (Lipinski definition) is 1. The monoisotopic (exact) mass is 320 g/mol. The summed E-state index contributed by atoms with van der Waals surface area (Å²) < 4.78 is 19.8. The van der Waals surface area contributed by atoms with Gasteiger partial charge in [-0.1, -0.05) is 22.0 Å². The molecule has 2 aromatic carbocycles. The van der Waals surface area contributed by atoms with Gasteiger partial charge in [0.15, 0.2) is 11.6 Å². The summed E-state index contributed by atoms with van der Waals surface area (Å²) in [6.45, 7) is 0.149. The Morgan fingerprint density at radius 1 is 1.32 bits per heavy atom. The molecule has 2 N–H and O–H groups in total. The van der Waals surface area contributed by atoms with Gasteiger partial charge in [-0.05, 0) is 30.3 Å². The molecule has 96 valence electrons. The number of nitrogens with zero attached hydrogens (tertiary/aromatic N) is 1. The van der Waals surface area contributed by atoms with Crippen LogP contribution in [0.1, 0.15) is 11.1 Å². The highest BCUT2D eigenvalue weighted by Crippen LogP contribution is 2.25. The second-order valence-electron chi connectivity index (χ2n) is 3.85. The highest BCUT2D eigenvalue weighted by molar-refractivity contribution is 9.10. The standard InChI is InChI=1S/C14H10BrFN2O/c15-11-2-1-3-13(18)10(11)8-19-14-5-4-9(7-17)6-12(14)16/h1-6H,8,18H2. The lowest BCUT2D eigenvalue weighted by atomic mass is 10.2. The molecular weight excluding hydrogens is 311 g/mol. The molecule has 0 bridgehead atoms. The average Bonchev–Trinajstić information content (AvgIpc) is 2.39. The molecule has 0 aliphatic carbocycles. The molecule has 0 amide bonds. The minimum absolute atomic E-state index is 0.0918. The Morgan fingerprint density at radius 3 is 2.74 bits per heavy atom. The third-order valence-corrected chi connectivity index (χ3v) is 3.33. The van der Waals surface area contributed by atoms with Gasteiger partial charge in [0.1, 0.15) is 6.61 Å². The van der Waals surface area contributed by atoms with E-state index >= 15 is 0 Å². The van der Waals surface area contributed by atoms with Gasteiger partial charge in [0, 0.05) is 15.7 Å². The molecule has 0 aliphatic rings. The molecule has 0 fully saturated rings. The molecule has 0 saturated carbocycles. The first kappa shape index (κ1) is 13.4. The molecule has 2 aromatic rings. The lowest BCUT2D eigenvalue weighted by Gasteiger charge is -2.11. The first-order valence-corrected chi connectivity index (χ1v) is 6.26. The molecule has 0 aliphatic heterocycles. The van der Waals surface area contributed by atoms with E-state index in [1.807, 2.05) is 18.2 Å². The van der Waals surface area contributed by atoms with Gasteiger partial charge in [-0.3, -0.25) is 0 Å². The molecule has 0 heterocycles. The lowest BCUT2D eigenvalue weighted by molar-refractivity contribution is 0.290. The highest BCUT2D eigenvalue weighted by Gasteiger charge is 2.08. The van der Waals surface area contributed by atoms with E-state index in [4.69, 9.17) is 15.7 Å². The van der Waals surface area contributed by atoms with Gasteiger partial charge in [-0.15, -0.1) is 0 Å². The summed E-state index contributed by atoms with van der Waals surface area (Å²) in [5.74, 6) is -0.473. The smallest absolute Gasteiger partial charge is 0.166 e. The second-order valence-corrected chi connectivity index (χ2v) is 4.71. The number of anilines is 1. The van der Waals surface area contributed by atoms with Crippen molar-refractivity contribution in [1.29, 1.82) is 5.26 Å². The molecule has 0 unspecified atom stereocenters. The SMILES string of the molecule is N#Cc1ccc(OCc2c(N)cccc2Br)c(F)c1. The Bertz CT molecular complexity index is 632. The summed E-state index contributed by atoms with van der Waals surface area (Å²) >= 11 is 3.37. The number of benzene rings is 2. The second kappa shape index (κ2) is 5.72. The molecule has 19 heavy (non-hydrogen) atoms. The van der Waals surface area contributed by atoms with Crippen molar-refractivity contribution in [3.05, 3.63) is 57.8 Å². The van der Waals surface area contributed by atoms with E-state index in [-0.39, 0.29) is 17.9 Å². The zero-order valence-corrected chi connectivity index (χ0v) is 11.4. The summed E-state index contributed by atoms with van der Waals surface area (Å²) in [4.78, 5) is 0. The van der Waals surface area contributed by atoms with E-state index in [9.17, 15) is 4.39 Å². The minimum Gasteiger partial charge on any atom is -0.486 e. The van der Waals surface area contributed by atoms with Crippen LogP contribution in [0.5, 0.6) is 5.75 Å². The van der Waals surface area contributed by atoms with Crippen LogP contribution in [0, 0.1) is 17.1 Å². The summed E-state index contributed by atoms with van der Waals surface area (Å²) in [7, 11) is 0. The van der Waals surface area contributed by atoms with Crippen LogP contribution in [0.2, 0.25) is 0 Å². The van der Waals surface area contributed by atoms with Crippen molar-refractivity contribution in [3.63, 3.8) is 0 Å². The Kier molecular flexibility index (Phi) is 4.03. The quantitative estimate of drug-likeness (QED) is 0.879. The maximum absolute atomic E-state index is 13.6. The van der Waals surface area contributed by atoms with Crippen molar-refractivity contribution in [1.82, 2.24) is 0 Å². The number of ether oxygens (including phenoxy) is 1. The van der Waals surface area contributed by atoms with E-state index in [2.05, 4.69) is 15.9 Å². The van der Waals surface area contributed by atoms with Crippen molar-refractivity contribution in [2.75, 3.05) is 5.73 Å². The van der Waals surface area contributed by atoms with E-state index in [1.54, 1.807) is 6.07 Å². The van der Waals surface area contributed by atoms with Crippen LogP contribution in [0.4, 0.5) is 10.1 Å². The fourth-order valence-electron chi connectivity index (χ4n) is 1.56. The van der Waals surface area contributed by atoms with Gasteiger partial charge in [0.2, 0.25) is 0 Å². The van der Waals surface area contributed by atoms with E-state index in [0.29, 0.717) is 5.69 Å². The van der Waals surface area contributed by atoms with Gasteiger partial charge in [0.05, 0.1) is 11.6 Å². The zero-order valence-electron chi connectivity index (χ0n) is 9.86. The summed E-state index contributed by atoms with van der Waals surface area (Å²) in [6, 6.07) is 11.3. The van der Waals surface area contributed by atoms with Crippen LogP contribution in [-0.4, -0.2) is 0 Å². The average molecular weight is 321 g/mol. The predicted molar refractivity (Wildman–Crippen MR) is 74.0 cm³/mol. The van der Waals surface area contributed by atoms with E-state index < -0.39 is 5.82 Å². The molecular formula is C14H10BrFN2O. The van der Waals surface area contributed by atoms with Gasteiger partial charge in [-0.25, -0.2) is 4.39 Å². The van der Waals surface area contributed by atoms with Crippen molar-refractivity contribution in [2.24, 2.45) is 0 Å². The van der Waals surface area contributed by atoms with Crippen LogP contribution in [0.3, 0.4) is 0 Å². The van der Waals surface area contributed by atoms with Crippen LogP contribution in [-0.2, 0) is 6.61 Å². The summed E-state index contributed by atoms with van der Waals surface area (Å²) in [6.07, 6.45) is 0. The van der Waals surface area contributed by atoms with Gasteiger partial charge >= 0.3 is 0 Å². The highest BCUT2D eigenvalue weighted by atomic mass is 79.9. The van der Waals surface area contributed by atoms with Crippen molar-refractivity contribution >= 4 is 21.6 Å². The third-order valence-electron chi connectivity index (χ3n) is 2.59. The van der Waals surface area contributed by atoms with Gasteiger partial charge < -0.3 is 10.5 Å². The summed E-state index contributed by atoms with van der Waals surface area (Å²) in [5.41, 5.74) is 7.41. The molecule has 5 heteroatoms. The number of nitriles is 1. The van der Waals surface area contributed by atoms with Crippen LogP contribution in [0.15, 0.2) is 40.9 Å². The number of nitrogens with two attached hydrogens (primary N) is 1. The Morgan fingerprint density at radius 2 is 2.11 bits per heavy atom. The van der Waals surface area contributed by atoms with Crippen molar-refractivity contribution in [3.8, 4) is 11.8 Å². The van der Waals surface area contributed by atoms with Gasteiger partial charge in [0.25, 0.3) is 0 Å². The number of halogens is 2. The first-order chi connectivity index (χ1) is 9.11. The molecule has 3 nitrogen and oxygen atoms in total. The number of rotatable bonds is 3.